The number of nitrogens with zero attached hydrogens (tertiary/aromatic N) is 1. The minimum atomic E-state index is -0.847. The summed E-state index contributed by atoms with van der Waals surface area (Å²) in [5.41, 5.74) is 0. The van der Waals surface area contributed by atoms with Gasteiger partial charge in [-0.15, -0.1) is 17.9 Å². The SMILES string of the molecule is C=CCN(c1ccc(C(=O)O)s1)C1CC1. The van der Waals surface area contributed by atoms with Crippen LogP contribution in [0.5, 0.6) is 0 Å². The first kappa shape index (κ1) is 10.2. The number of carbonyl (C=O) groups is 1. The quantitative estimate of drug-likeness (QED) is 0.780. The molecule has 0 radical (unpaired) electrons. The van der Waals surface area contributed by atoms with Gasteiger partial charge in [-0.2, -0.15) is 0 Å². The fourth-order valence-corrected chi connectivity index (χ4v) is 2.47. The van der Waals surface area contributed by atoms with Crippen molar-refractivity contribution < 1.29 is 9.90 Å². The van der Waals surface area contributed by atoms with E-state index in [0.717, 1.165) is 11.5 Å². The first-order valence-electron chi connectivity index (χ1n) is 4.93. The van der Waals surface area contributed by atoms with Gasteiger partial charge in [0.25, 0.3) is 0 Å². The summed E-state index contributed by atoms with van der Waals surface area (Å²) in [6.45, 7) is 4.52. The molecule has 1 aliphatic rings. The average Bonchev–Trinajstić information content (AvgIpc) is 2.91. The summed E-state index contributed by atoms with van der Waals surface area (Å²) in [7, 11) is 0. The van der Waals surface area contributed by atoms with Gasteiger partial charge in [-0.05, 0) is 25.0 Å². The van der Waals surface area contributed by atoms with Crippen LogP contribution in [-0.4, -0.2) is 23.7 Å². The third kappa shape index (κ3) is 2.21. The topological polar surface area (TPSA) is 40.5 Å². The summed E-state index contributed by atoms with van der Waals surface area (Å²) < 4.78 is 0. The van der Waals surface area contributed by atoms with E-state index in [1.54, 1.807) is 6.07 Å². The maximum Gasteiger partial charge on any atom is 0.345 e. The van der Waals surface area contributed by atoms with E-state index in [9.17, 15) is 4.79 Å². The van der Waals surface area contributed by atoms with E-state index < -0.39 is 5.97 Å². The van der Waals surface area contributed by atoms with Crippen molar-refractivity contribution >= 4 is 22.3 Å². The van der Waals surface area contributed by atoms with Gasteiger partial charge in [-0.1, -0.05) is 6.08 Å². The molecule has 0 saturated heterocycles. The van der Waals surface area contributed by atoms with Gasteiger partial charge in [0.05, 0.1) is 5.00 Å². The molecule has 0 amide bonds. The third-order valence-electron chi connectivity index (χ3n) is 2.40. The lowest BCUT2D eigenvalue weighted by molar-refractivity contribution is 0.0702. The molecule has 0 atom stereocenters. The fourth-order valence-electron chi connectivity index (χ4n) is 1.54. The monoisotopic (exact) mass is 223 g/mol. The Hall–Kier alpha value is -1.29. The van der Waals surface area contributed by atoms with E-state index in [4.69, 9.17) is 5.11 Å². The Morgan fingerprint density at radius 2 is 2.40 bits per heavy atom. The van der Waals surface area contributed by atoms with Crippen LogP contribution < -0.4 is 4.90 Å². The number of carboxylic acids is 1. The molecule has 1 fully saturated rings. The molecule has 3 nitrogen and oxygen atoms in total. The van der Waals surface area contributed by atoms with E-state index in [1.165, 1.54) is 24.2 Å². The molecular weight excluding hydrogens is 210 g/mol. The highest BCUT2D eigenvalue weighted by Crippen LogP contribution is 2.35. The van der Waals surface area contributed by atoms with Crippen LogP contribution in [-0.2, 0) is 0 Å². The first-order chi connectivity index (χ1) is 7.22. The van der Waals surface area contributed by atoms with Crippen LogP contribution in [0.3, 0.4) is 0 Å². The van der Waals surface area contributed by atoms with Gasteiger partial charge in [-0.25, -0.2) is 4.79 Å². The van der Waals surface area contributed by atoms with Crippen LogP contribution in [0.15, 0.2) is 24.8 Å². The molecule has 1 aliphatic carbocycles. The molecule has 80 valence electrons. The molecule has 0 aromatic carbocycles. The number of carboxylic acid groups (broad SMARTS) is 1. The van der Waals surface area contributed by atoms with Crippen LogP contribution in [0, 0.1) is 0 Å². The molecular formula is C11H13NO2S. The molecule has 1 aromatic heterocycles. The average molecular weight is 223 g/mol. The second kappa shape index (κ2) is 4.06. The fraction of sp³-hybridized carbons (Fsp3) is 0.364. The maximum absolute atomic E-state index is 10.8. The summed E-state index contributed by atoms with van der Waals surface area (Å²) in [6.07, 6.45) is 4.26. The highest BCUT2D eigenvalue weighted by Gasteiger charge is 2.29. The van der Waals surface area contributed by atoms with Crippen molar-refractivity contribution in [1.29, 1.82) is 0 Å². The standard InChI is InChI=1S/C11H13NO2S/c1-2-7-12(8-3-4-8)10-6-5-9(15-10)11(13)14/h2,5-6,8H,1,3-4,7H2,(H,13,14). The molecule has 1 N–H and O–H groups in total. The number of rotatable bonds is 5. The van der Waals surface area contributed by atoms with Crippen LogP contribution in [0.1, 0.15) is 22.5 Å². The van der Waals surface area contributed by atoms with E-state index in [-0.39, 0.29) is 0 Å². The van der Waals surface area contributed by atoms with Gasteiger partial charge in [-0.3, -0.25) is 0 Å². The first-order valence-corrected chi connectivity index (χ1v) is 5.74. The molecule has 1 saturated carbocycles. The lowest BCUT2D eigenvalue weighted by Crippen LogP contribution is -2.24. The molecule has 4 heteroatoms. The lowest BCUT2D eigenvalue weighted by Gasteiger charge is -2.20. The Balaban J connectivity index is 2.17. The highest BCUT2D eigenvalue weighted by atomic mass is 32.1. The van der Waals surface area contributed by atoms with Gasteiger partial charge < -0.3 is 10.0 Å². The number of thiophene rings is 1. The predicted octanol–water partition coefficient (Wildman–Crippen LogP) is 2.60. The summed E-state index contributed by atoms with van der Waals surface area (Å²) in [6, 6.07) is 4.14. The Morgan fingerprint density at radius 1 is 1.67 bits per heavy atom. The van der Waals surface area contributed by atoms with Crippen molar-refractivity contribution in [2.45, 2.75) is 18.9 Å². The van der Waals surface area contributed by atoms with Gasteiger partial charge in [0, 0.05) is 12.6 Å². The molecule has 1 aromatic rings. The van der Waals surface area contributed by atoms with Crippen LogP contribution in [0.25, 0.3) is 0 Å². The molecule has 0 unspecified atom stereocenters. The summed E-state index contributed by atoms with van der Waals surface area (Å²) in [5.74, 6) is -0.847. The van der Waals surface area contributed by atoms with E-state index in [1.807, 2.05) is 12.1 Å². The second-order valence-electron chi connectivity index (χ2n) is 3.62. The summed E-state index contributed by atoms with van der Waals surface area (Å²) >= 11 is 1.34. The van der Waals surface area contributed by atoms with Crippen molar-refractivity contribution in [3.8, 4) is 0 Å². The van der Waals surface area contributed by atoms with Crippen LogP contribution in [0.2, 0.25) is 0 Å². The zero-order valence-electron chi connectivity index (χ0n) is 8.35. The van der Waals surface area contributed by atoms with E-state index >= 15 is 0 Å². The zero-order chi connectivity index (χ0) is 10.8. The Kier molecular flexibility index (Phi) is 2.77. The van der Waals surface area contributed by atoms with Crippen molar-refractivity contribution in [1.82, 2.24) is 0 Å². The van der Waals surface area contributed by atoms with Gasteiger partial charge in [0.15, 0.2) is 0 Å². The smallest absolute Gasteiger partial charge is 0.345 e. The van der Waals surface area contributed by atoms with E-state index in [0.29, 0.717) is 10.9 Å². The highest BCUT2D eigenvalue weighted by molar-refractivity contribution is 7.17. The Labute approximate surface area is 92.6 Å². The van der Waals surface area contributed by atoms with E-state index in [2.05, 4.69) is 11.5 Å². The molecule has 2 rings (SSSR count). The molecule has 0 aliphatic heterocycles. The normalized spacial score (nSPS) is 14.9. The third-order valence-corrected chi connectivity index (χ3v) is 3.51. The van der Waals surface area contributed by atoms with Crippen molar-refractivity contribution in [3.05, 3.63) is 29.7 Å². The molecule has 1 heterocycles. The van der Waals surface area contributed by atoms with Crippen molar-refractivity contribution in [2.75, 3.05) is 11.4 Å². The largest absolute Gasteiger partial charge is 0.477 e. The molecule has 0 bridgehead atoms. The number of anilines is 1. The van der Waals surface area contributed by atoms with Crippen molar-refractivity contribution in [2.24, 2.45) is 0 Å². The van der Waals surface area contributed by atoms with Crippen LogP contribution >= 0.6 is 11.3 Å². The minimum absolute atomic E-state index is 0.403. The molecule has 0 spiro atoms. The van der Waals surface area contributed by atoms with Gasteiger partial charge in [0.1, 0.15) is 4.88 Å². The zero-order valence-corrected chi connectivity index (χ0v) is 9.17. The second-order valence-corrected chi connectivity index (χ2v) is 4.68. The summed E-state index contributed by atoms with van der Waals surface area (Å²) in [5, 5.41) is 9.87. The number of hydrogen-bond donors (Lipinski definition) is 1. The van der Waals surface area contributed by atoms with Crippen LogP contribution in [0.4, 0.5) is 5.00 Å². The Morgan fingerprint density at radius 3 is 2.87 bits per heavy atom. The molecule has 15 heavy (non-hydrogen) atoms. The van der Waals surface area contributed by atoms with Crippen molar-refractivity contribution in [3.63, 3.8) is 0 Å². The number of aromatic carboxylic acids is 1. The maximum atomic E-state index is 10.8. The van der Waals surface area contributed by atoms with Gasteiger partial charge >= 0.3 is 5.97 Å². The predicted molar refractivity (Wildman–Crippen MR) is 61.8 cm³/mol. The lowest BCUT2D eigenvalue weighted by atomic mass is 10.4. The van der Waals surface area contributed by atoms with Gasteiger partial charge in [0.2, 0.25) is 0 Å². The number of hydrogen-bond acceptors (Lipinski definition) is 3. The summed E-state index contributed by atoms with van der Waals surface area (Å²) in [4.78, 5) is 13.4. The Bertz CT molecular complexity index is 382. The minimum Gasteiger partial charge on any atom is -0.477 e.